The Labute approximate surface area is 185 Å². The van der Waals surface area contributed by atoms with Crippen LogP contribution in [0.25, 0.3) is 0 Å². The van der Waals surface area contributed by atoms with Crippen LogP contribution in [0.5, 0.6) is 0 Å². The number of fused-ring (bicyclic) bond motifs is 1. The van der Waals surface area contributed by atoms with Crippen molar-refractivity contribution in [3.8, 4) is 0 Å². The molecule has 2 aliphatic carbocycles. The molecule has 0 bridgehead atoms. The van der Waals surface area contributed by atoms with Crippen LogP contribution in [0, 0.1) is 11.8 Å². The van der Waals surface area contributed by atoms with Gasteiger partial charge in [-0.3, -0.25) is 9.59 Å². The molecule has 1 unspecified atom stereocenters. The van der Waals surface area contributed by atoms with Crippen molar-refractivity contribution in [3.05, 3.63) is 33.0 Å². The lowest BCUT2D eigenvalue weighted by atomic mass is 9.84. The minimum absolute atomic E-state index is 0.0442. The molecule has 6 nitrogen and oxygen atoms in total. The summed E-state index contributed by atoms with van der Waals surface area (Å²) in [6.45, 7) is 3.93. The number of carbonyl (C=O) groups is 2. The number of hydrogen-bond acceptors (Lipinski definition) is 6. The first-order valence-corrected chi connectivity index (χ1v) is 12.7. The van der Waals surface area contributed by atoms with Crippen LogP contribution in [-0.2, 0) is 29.0 Å². The summed E-state index contributed by atoms with van der Waals surface area (Å²) in [7, 11) is 0. The fraction of sp³-hybridized carbons (Fsp3) is 0.591. The molecule has 1 saturated heterocycles. The third-order valence-corrected chi connectivity index (χ3v) is 8.69. The van der Waals surface area contributed by atoms with E-state index in [4.69, 9.17) is 4.98 Å². The van der Waals surface area contributed by atoms with Crippen molar-refractivity contribution in [2.24, 2.45) is 11.8 Å². The van der Waals surface area contributed by atoms with Crippen LogP contribution in [0.1, 0.15) is 41.1 Å². The highest BCUT2D eigenvalue weighted by molar-refractivity contribution is 7.15. The number of aromatic nitrogens is 1. The van der Waals surface area contributed by atoms with Crippen molar-refractivity contribution in [1.29, 1.82) is 0 Å². The summed E-state index contributed by atoms with van der Waals surface area (Å²) >= 11 is 3.42. The van der Waals surface area contributed by atoms with Crippen LogP contribution in [0.15, 0.2) is 17.5 Å². The zero-order valence-corrected chi connectivity index (χ0v) is 18.8. The van der Waals surface area contributed by atoms with E-state index in [1.54, 1.807) is 22.7 Å². The van der Waals surface area contributed by atoms with Crippen molar-refractivity contribution in [2.45, 2.75) is 45.1 Å². The van der Waals surface area contributed by atoms with Crippen LogP contribution in [0.3, 0.4) is 0 Å². The summed E-state index contributed by atoms with van der Waals surface area (Å²) in [6, 6.07) is 4.07. The Kier molecular flexibility index (Phi) is 5.78. The molecular formula is C22H28N4O2S2. The molecule has 0 radical (unpaired) electrons. The zero-order chi connectivity index (χ0) is 20.5. The number of rotatable bonds is 5. The molecule has 5 rings (SSSR count). The van der Waals surface area contributed by atoms with Gasteiger partial charge in [0.05, 0.1) is 12.2 Å². The second-order valence-electron chi connectivity index (χ2n) is 8.54. The predicted octanol–water partition coefficient (Wildman–Crippen LogP) is 3.07. The van der Waals surface area contributed by atoms with Gasteiger partial charge in [0.25, 0.3) is 0 Å². The van der Waals surface area contributed by atoms with E-state index in [0.29, 0.717) is 12.5 Å². The molecule has 2 fully saturated rings. The van der Waals surface area contributed by atoms with E-state index in [9.17, 15) is 9.59 Å². The Morgan fingerprint density at radius 3 is 2.67 bits per heavy atom. The first kappa shape index (κ1) is 20.0. The van der Waals surface area contributed by atoms with Gasteiger partial charge in [0.1, 0.15) is 0 Å². The summed E-state index contributed by atoms with van der Waals surface area (Å²) < 4.78 is 0. The Bertz CT molecular complexity index is 898. The van der Waals surface area contributed by atoms with Crippen molar-refractivity contribution >= 4 is 39.6 Å². The molecule has 1 aliphatic heterocycles. The highest BCUT2D eigenvalue weighted by atomic mass is 32.1. The molecule has 1 saturated carbocycles. The Morgan fingerprint density at radius 1 is 1.13 bits per heavy atom. The quantitative estimate of drug-likeness (QED) is 0.770. The average Bonchev–Trinajstić information content (AvgIpc) is 3.40. The van der Waals surface area contributed by atoms with Crippen LogP contribution >= 0.6 is 22.7 Å². The van der Waals surface area contributed by atoms with Gasteiger partial charge in [-0.25, -0.2) is 4.98 Å². The van der Waals surface area contributed by atoms with Gasteiger partial charge in [0.2, 0.25) is 11.8 Å². The van der Waals surface area contributed by atoms with Crippen molar-refractivity contribution in [2.75, 3.05) is 31.1 Å². The van der Waals surface area contributed by atoms with Gasteiger partial charge in [0.15, 0.2) is 5.13 Å². The van der Waals surface area contributed by atoms with E-state index >= 15 is 0 Å². The number of piperazine rings is 1. The van der Waals surface area contributed by atoms with Gasteiger partial charge < -0.3 is 15.1 Å². The summed E-state index contributed by atoms with van der Waals surface area (Å²) in [5.74, 6) is 0.845. The summed E-state index contributed by atoms with van der Waals surface area (Å²) in [5, 5.41) is 6.20. The highest BCUT2D eigenvalue weighted by Gasteiger charge is 2.33. The predicted molar refractivity (Wildman–Crippen MR) is 120 cm³/mol. The second kappa shape index (κ2) is 8.67. The van der Waals surface area contributed by atoms with E-state index < -0.39 is 0 Å². The van der Waals surface area contributed by atoms with E-state index in [1.807, 2.05) is 16.3 Å². The summed E-state index contributed by atoms with van der Waals surface area (Å²) in [4.78, 5) is 36.8. The van der Waals surface area contributed by atoms with E-state index in [2.05, 4.69) is 16.3 Å². The van der Waals surface area contributed by atoms with Gasteiger partial charge in [0, 0.05) is 47.8 Å². The van der Waals surface area contributed by atoms with Gasteiger partial charge >= 0.3 is 0 Å². The first-order chi connectivity index (χ1) is 14.7. The maximum atomic E-state index is 12.6. The molecule has 30 heavy (non-hydrogen) atoms. The Hall–Kier alpha value is -1.93. The number of carbonyl (C=O) groups excluding carboxylic acids is 2. The smallest absolute Gasteiger partial charge is 0.225 e. The number of thiazole rings is 1. The normalized spacial score (nSPS) is 21.8. The minimum atomic E-state index is 0.0442. The molecule has 8 heteroatoms. The van der Waals surface area contributed by atoms with E-state index in [-0.39, 0.29) is 17.7 Å². The molecule has 0 aromatic carbocycles. The lowest BCUT2D eigenvalue weighted by molar-refractivity contribution is -0.138. The maximum Gasteiger partial charge on any atom is 0.225 e. The average molecular weight is 445 g/mol. The van der Waals surface area contributed by atoms with Crippen LogP contribution in [-0.4, -0.2) is 47.9 Å². The molecular weight excluding hydrogens is 416 g/mol. The second-order valence-corrected chi connectivity index (χ2v) is 10.6. The van der Waals surface area contributed by atoms with Crippen molar-refractivity contribution in [1.82, 2.24) is 15.2 Å². The molecule has 160 valence electrons. The van der Waals surface area contributed by atoms with Crippen LogP contribution < -0.4 is 10.2 Å². The van der Waals surface area contributed by atoms with Gasteiger partial charge in [-0.2, -0.15) is 0 Å². The molecule has 2 amide bonds. The molecule has 3 aliphatic rings. The molecule has 2 aromatic rings. The summed E-state index contributed by atoms with van der Waals surface area (Å²) in [5.41, 5.74) is 1.17. The van der Waals surface area contributed by atoms with Gasteiger partial charge in [-0.05, 0) is 43.6 Å². The first-order valence-electron chi connectivity index (χ1n) is 11.0. The SMILES string of the molecule is O=C(NCc1cccs1)C1CCc2nc(N3CCN(C(=O)C4CCC4)CC3)sc2C1. The third kappa shape index (κ3) is 4.12. The van der Waals surface area contributed by atoms with Gasteiger partial charge in [-0.15, -0.1) is 22.7 Å². The fourth-order valence-electron chi connectivity index (χ4n) is 4.48. The van der Waals surface area contributed by atoms with E-state index in [0.717, 1.165) is 63.4 Å². The number of amides is 2. The zero-order valence-electron chi connectivity index (χ0n) is 17.1. The summed E-state index contributed by atoms with van der Waals surface area (Å²) in [6.07, 6.45) is 5.89. The number of nitrogens with one attached hydrogen (secondary N) is 1. The monoisotopic (exact) mass is 444 g/mol. The molecule has 1 N–H and O–H groups in total. The largest absolute Gasteiger partial charge is 0.351 e. The Balaban J connectivity index is 1.15. The topological polar surface area (TPSA) is 65.5 Å². The van der Waals surface area contributed by atoms with Crippen LogP contribution in [0.4, 0.5) is 5.13 Å². The highest BCUT2D eigenvalue weighted by Crippen LogP contribution is 2.35. The number of thiophene rings is 1. The number of nitrogens with zero attached hydrogens (tertiary/aromatic N) is 3. The third-order valence-electron chi connectivity index (χ3n) is 6.63. The van der Waals surface area contributed by atoms with E-state index in [1.165, 1.54) is 21.9 Å². The maximum absolute atomic E-state index is 12.6. The van der Waals surface area contributed by atoms with Crippen LogP contribution in [0.2, 0.25) is 0 Å². The number of hydrogen-bond donors (Lipinski definition) is 1. The molecule has 3 heterocycles. The fourth-order valence-corrected chi connectivity index (χ4v) is 6.37. The number of anilines is 1. The molecule has 2 aromatic heterocycles. The minimum Gasteiger partial charge on any atom is -0.351 e. The lowest BCUT2D eigenvalue weighted by Crippen LogP contribution is -2.51. The Morgan fingerprint density at radius 2 is 1.97 bits per heavy atom. The molecule has 1 atom stereocenters. The lowest BCUT2D eigenvalue weighted by Gasteiger charge is -2.38. The van der Waals surface area contributed by atoms with Gasteiger partial charge in [-0.1, -0.05) is 12.5 Å². The number of aryl methyl sites for hydroxylation is 1. The van der Waals surface area contributed by atoms with Crippen molar-refractivity contribution in [3.63, 3.8) is 0 Å². The molecule has 0 spiro atoms. The standard InChI is InChI=1S/C22H28N4O2S2/c27-20(23-14-17-5-2-12-29-17)16-6-7-18-19(13-16)30-22(24-18)26-10-8-25(9-11-26)21(28)15-3-1-4-15/h2,5,12,15-16H,1,3-4,6-11,13-14H2,(H,23,27). The van der Waals surface area contributed by atoms with Crippen molar-refractivity contribution < 1.29 is 9.59 Å².